The van der Waals surface area contributed by atoms with Crippen LogP contribution in [0.4, 0.5) is 0 Å². The Kier molecular flexibility index (Phi) is 4.24. The van der Waals surface area contributed by atoms with Gasteiger partial charge in [0.15, 0.2) is 5.78 Å². The van der Waals surface area contributed by atoms with E-state index in [0.717, 1.165) is 56.3 Å². The lowest BCUT2D eigenvalue weighted by Gasteiger charge is -2.40. The molecule has 1 atom stereocenters. The average Bonchev–Trinajstić information content (AvgIpc) is 3.46. The van der Waals surface area contributed by atoms with E-state index in [4.69, 9.17) is 4.74 Å². The van der Waals surface area contributed by atoms with Crippen LogP contribution >= 0.6 is 0 Å². The summed E-state index contributed by atoms with van der Waals surface area (Å²) in [6, 6.07) is 6.01. The number of aryl methyl sites for hydroxylation is 1. The van der Waals surface area contributed by atoms with Gasteiger partial charge in [-0.2, -0.15) is 0 Å². The molecule has 0 spiro atoms. The molecule has 4 aliphatic rings. The van der Waals surface area contributed by atoms with Gasteiger partial charge in [0.25, 0.3) is 0 Å². The predicted molar refractivity (Wildman–Crippen MR) is 108 cm³/mol. The minimum Gasteiger partial charge on any atom is -0.373 e. The number of nitrogens with zero attached hydrogens (tertiary/aromatic N) is 1. The van der Waals surface area contributed by atoms with Crippen LogP contribution in [-0.2, 0) is 9.53 Å². The van der Waals surface area contributed by atoms with Crippen LogP contribution in [-0.4, -0.2) is 42.4 Å². The molecule has 4 heteroatoms. The van der Waals surface area contributed by atoms with Gasteiger partial charge in [-0.25, -0.2) is 0 Å². The van der Waals surface area contributed by atoms with E-state index < -0.39 is 0 Å². The Bertz CT molecular complexity index is 872. The largest absolute Gasteiger partial charge is 0.373 e. The number of ketones is 1. The molecule has 0 radical (unpaired) electrons. The molecule has 28 heavy (non-hydrogen) atoms. The normalized spacial score (nSPS) is 26.7. The Balaban J connectivity index is 1.29. The van der Waals surface area contributed by atoms with E-state index in [1.165, 1.54) is 16.7 Å². The molecule has 1 saturated heterocycles. The van der Waals surface area contributed by atoms with Gasteiger partial charge in [-0.1, -0.05) is 30.7 Å². The molecule has 2 heterocycles. The summed E-state index contributed by atoms with van der Waals surface area (Å²) in [7, 11) is 0. The van der Waals surface area contributed by atoms with E-state index in [1.807, 2.05) is 12.1 Å². The molecule has 2 fully saturated rings. The van der Waals surface area contributed by atoms with Gasteiger partial charge in [0.05, 0.1) is 12.7 Å². The summed E-state index contributed by atoms with van der Waals surface area (Å²) in [4.78, 5) is 27.3. The van der Waals surface area contributed by atoms with Crippen molar-refractivity contribution in [1.82, 2.24) is 4.90 Å². The molecule has 1 aromatic rings. The Hall–Kier alpha value is -1.94. The smallest absolute Gasteiger partial charge is 0.228 e. The molecule has 1 unspecified atom stereocenters. The number of likely N-dealkylation sites (tertiary alicyclic amines) is 1. The summed E-state index contributed by atoms with van der Waals surface area (Å²) < 4.78 is 6.34. The summed E-state index contributed by atoms with van der Waals surface area (Å²) in [6.07, 6.45) is 5.71. The van der Waals surface area contributed by atoms with Crippen LogP contribution in [0.25, 0.3) is 5.57 Å². The number of ether oxygens (including phenoxy) is 1. The first kappa shape index (κ1) is 18.1. The van der Waals surface area contributed by atoms with E-state index in [9.17, 15) is 9.59 Å². The van der Waals surface area contributed by atoms with E-state index in [1.54, 1.807) is 0 Å². The minimum atomic E-state index is -0.0679. The van der Waals surface area contributed by atoms with Crippen LogP contribution in [0.15, 0.2) is 23.8 Å². The van der Waals surface area contributed by atoms with Crippen molar-refractivity contribution in [2.75, 3.05) is 19.7 Å². The fraction of sp³-hybridized carbons (Fsp3) is 0.583. The van der Waals surface area contributed by atoms with Crippen LogP contribution in [0, 0.1) is 18.3 Å². The standard InChI is InChI=1S/C24H29NO3/c1-15-4-3-5-18-20(26)12-17-13-21(28-14-19(17)22(15)18)16-6-10-25(11-7-16)23(27)24(2)8-9-24/h3-5,16,21H,6-14H2,1-2H3. The Morgan fingerprint density at radius 3 is 2.68 bits per heavy atom. The lowest BCUT2D eigenvalue weighted by molar-refractivity contribution is -0.138. The molecule has 1 aromatic carbocycles. The van der Waals surface area contributed by atoms with Crippen molar-refractivity contribution in [2.45, 2.75) is 58.5 Å². The van der Waals surface area contributed by atoms with Crippen molar-refractivity contribution < 1.29 is 14.3 Å². The number of carbonyl (C=O) groups excluding carboxylic acids is 2. The second-order valence-electron chi connectivity index (χ2n) is 9.42. The third kappa shape index (κ3) is 2.93. The van der Waals surface area contributed by atoms with Crippen molar-refractivity contribution in [3.8, 4) is 0 Å². The van der Waals surface area contributed by atoms with Gasteiger partial charge >= 0.3 is 0 Å². The van der Waals surface area contributed by atoms with E-state index in [0.29, 0.717) is 24.9 Å². The first-order valence-electron chi connectivity index (χ1n) is 10.7. The molecule has 0 aromatic heterocycles. The molecule has 5 rings (SSSR count). The molecule has 148 valence electrons. The molecular formula is C24H29NO3. The third-order valence-electron chi connectivity index (χ3n) is 7.43. The van der Waals surface area contributed by atoms with Crippen molar-refractivity contribution in [3.63, 3.8) is 0 Å². The molecule has 1 saturated carbocycles. The van der Waals surface area contributed by atoms with Gasteiger partial charge in [-0.05, 0) is 61.6 Å². The van der Waals surface area contributed by atoms with Crippen molar-refractivity contribution in [3.05, 3.63) is 40.5 Å². The fourth-order valence-corrected chi connectivity index (χ4v) is 5.30. The van der Waals surface area contributed by atoms with Gasteiger partial charge in [0.1, 0.15) is 0 Å². The number of piperidine rings is 1. The van der Waals surface area contributed by atoms with Crippen LogP contribution in [0.3, 0.4) is 0 Å². The average molecular weight is 380 g/mol. The van der Waals surface area contributed by atoms with Gasteiger partial charge in [0.2, 0.25) is 5.91 Å². The zero-order chi connectivity index (χ0) is 19.5. The highest BCUT2D eigenvalue weighted by molar-refractivity contribution is 6.06. The van der Waals surface area contributed by atoms with E-state index in [-0.39, 0.29) is 17.3 Å². The lowest BCUT2D eigenvalue weighted by Crippen LogP contribution is -2.45. The highest BCUT2D eigenvalue weighted by Gasteiger charge is 2.48. The summed E-state index contributed by atoms with van der Waals surface area (Å²) in [5.41, 5.74) is 5.61. The number of amides is 1. The molecule has 1 amide bonds. The molecule has 0 bridgehead atoms. The van der Waals surface area contributed by atoms with Gasteiger partial charge in [0, 0.05) is 30.5 Å². The number of hydrogen-bond donors (Lipinski definition) is 0. The molecule has 4 nitrogen and oxygen atoms in total. The van der Waals surface area contributed by atoms with Gasteiger partial charge < -0.3 is 9.64 Å². The number of carbonyl (C=O) groups is 2. The van der Waals surface area contributed by atoms with Gasteiger partial charge in [-0.3, -0.25) is 9.59 Å². The maximum atomic E-state index is 12.7. The highest BCUT2D eigenvalue weighted by atomic mass is 16.5. The van der Waals surface area contributed by atoms with Crippen molar-refractivity contribution in [1.29, 1.82) is 0 Å². The highest BCUT2D eigenvalue weighted by Crippen LogP contribution is 2.47. The number of fused-ring (bicyclic) bond motifs is 2. The van der Waals surface area contributed by atoms with Crippen LogP contribution in [0.1, 0.15) is 66.9 Å². The number of hydrogen-bond acceptors (Lipinski definition) is 3. The van der Waals surface area contributed by atoms with Crippen LogP contribution < -0.4 is 0 Å². The van der Waals surface area contributed by atoms with Crippen LogP contribution in [0.2, 0.25) is 0 Å². The van der Waals surface area contributed by atoms with E-state index in [2.05, 4.69) is 24.8 Å². The molecule has 2 aliphatic carbocycles. The number of Topliss-reactive ketones (excluding diaryl/α,β-unsaturated/α-hetero) is 1. The monoisotopic (exact) mass is 379 g/mol. The first-order chi connectivity index (χ1) is 13.5. The predicted octanol–water partition coefficient (Wildman–Crippen LogP) is 4.16. The number of benzene rings is 1. The Labute approximate surface area is 166 Å². The third-order valence-corrected chi connectivity index (χ3v) is 7.43. The van der Waals surface area contributed by atoms with Crippen LogP contribution in [0.5, 0.6) is 0 Å². The fourth-order valence-electron chi connectivity index (χ4n) is 5.30. The second kappa shape index (κ2) is 6.55. The Morgan fingerprint density at radius 1 is 1.21 bits per heavy atom. The minimum absolute atomic E-state index is 0.0679. The maximum absolute atomic E-state index is 12.7. The van der Waals surface area contributed by atoms with Gasteiger partial charge in [-0.15, -0.1) is 0 Å². The zero-order valence-corrected chi connectivity index (χ0v) is 16.9. The summed E-state index contributed by atoms with van der Waals surface area (Å²) in [5, 5.41) is 0. The summed E-state index contributed by atoms with van der Waals surface area (Å²) >= 11 is 0. The molecule has 2 aliphatic heterocycles. The Morgan fingerprint density at radius 2 is 1.96 bits per heavy atom. The molecular weight excluding hydrogens is 350 g/mol. The van der Waals surface area contributed by atoms with Crippen molar-refractivity contribution in [2.24, 2.45) is 11.3 Å². The summed E-state index contributed by atoms with van der Waals surface area (Å²) in [5.74, 6) is 1.08. The second-order valence-corrected chi connectivity index (χ2v) is 9.42. The summed E-state index contributed by atoms with van der Waals surface area (Å²) in [6.45, 7) is 6.50. The number of rotatable bonds is 2. The lowest BCUT2D eigenvalue weighted by atomic mass is 9.77. The SMILES string of the molecule is Cc1cccc2c1C1=C(CC2=O)CC(C2CCN(C(=O)C3(C)CC3)CC2)OC1. The van der Waals surface area contributed by atoms with Crippen molar-refractivity contribution >= 4 is 17.3 Å². The maximum Gasteiger partial charge on any atom is 0.228 e. The quantitative estimate of drug-likeness (QED) is 0.775. The molecule has 0 N–H and O–H groups in total. The van der Waals surface area contributed by atoms with E-state index >= 15 is 0 Å². The topological polar surface area (TPSA) is 46.6 Å². The zero-order valence-electron chi connectivity index (χ0n) is 16.9. The first-order valence-corrected chi connectivity index (χ1v) is 10.7.